The molecule has 0 aliphatic carbocycles. The fourth-order valence-electron chi connectivity index (χ4n) is 3.07. The number of rotatable bonds is 6. The summed E-state index contributed by atoms with van der Waals surface area (Å²) in [6, 6.07) is 5.16. The number of urea groups is 1. The third kappa shape index (κ3) is 5.57. The fourth-order valence-corrected chi connectivity index (χ4v) is 3.85. The van der Waals surface area contributed by atoms with Crippen molar-refractivity contribution < 1.29 is 13.2 Å². The zero-order chi connectivity index (χ0) is 19.3. The summed E-state index contributed by atoms with van der Waals surface area (Å²) in [6.07, 6.45) is 3.51. The highest BCUT2D eigenvalue weighted by Gasteiger charge is 2.19. The van der Waals surface area contributed by atoms with Crippen molar-refractivity contribution in [2.45, 2.75) is 58.4 Å². The molecule has 1 atom stereocenters. The van der Waals surface area contributed by atoms with E-state index in [0.29, 0.717) is 5.69 Å². The van der Waals surface area contributed by atoms with Crippen LogP contribution < -0.4 is 15.4 Å². The summed E-state index contributed by atoms with van der Waals surface area (Å²) >= 11 is 0. The molecule has 144 valence electrons. The van der Waals surface area contributed by atoms with E-state index in [1.54, 1.807) is 6.08 Å². The van der Waals surface area contributed by atoms with Crippen molar-refractivity contribution in [3.63, 3.8) is 0 Å². The quantitative estimate of drug-likeness (QED) is 0.704. The highest BCUT2D eigenvalue weighted by molar-refractivity contribution is 7.92. The van der Waals surface area contributed by atoms with E-state index in [2.05, 4.69) is 15.4 Å². The molecule has 0 bridgehead atoms. The molecule has 1 fully saturated rings. The molecule has 1 aromatic rings. The molecule has 0 aromatic heterocycles. The Morgan fingerprint density at radius 1 is 1.19 bits per heavy atom. The van der Waals surface area contributed by atoms with E-state index in [-0.39, 0.29) is 17.9 Å². The largest absolute Gasteiger partial charge is 0.333 e. The van der Waals surface area contributed by atoms with Crippen molar-refractivity contribution in [1.29, 1.82) is 0 Å². The van der Waals surface area contributed by atoms with Gasteiger partial charge in [-0.1, -0.05) is 52.0 Å². The van der Waals surface area contributed by atoms with E-state index in [1.165, 1.54) is 0 Å². The van der Waals surface area contributed by atoms with Crippen LogP contribution in [0.15, 0.2) is 29.7 Å². The monoisotopic (exact) mass is 379 g/mol. The number of amides is 2. The van der Waals surface area contributed by atoms with Crippen molar-refractivity contribution in [3.05, 3.63) is 40.8 Å². The molecule has 1 saturated heterocycles. The lowest BCUT2D eigenvalue weighted by atomic mass is 9.93. The van der Waals surface area contributed by atoms with E-state index < -0.39 is 16.1 Å². The minimum atomic E-state index is -3.84. The summed E-state index contributed by atoms with van der Waals surface area (Å²) in [6.45, 7) is 9.04. The first-order valence-electron chi connectivity index (χ1n) is 9.08. The van der Waals surface area contributed by atoms with Crippen molar-refractivity contribution in [3.8, 4) is 0 Å². The summed E-state index contributed by atoms with van der Waals surface area (Å²) in [5.41, 5.74) is 2.65. The smallest absolute Gasteiger partial charge is 0.310 e. The van der Waals surface area contributed by atoms with Gasteiger partial charge >= 0.3 is 6.03 Å². The van der Waals surface area contributed by atoms with Crippen LogP contribution in [0.2, 0.25) is 0 Å². The van der Waals surface area contributed by atoms with Gasteiger partial charge in [0.15, 0.2) is 0 Å². The number of sulfonamides is 1. The first-order chi connectivity index (χ1) is 12.2. The van der Waals surface area contributed by atoms with Gasteiger partial charge in [0.1, 0.15) is 0 Å². The Kier molecular flexibility index (Phi) is 6.83. The predicted molar refractivity (Wildman–Crippen MR) is 106 cm³/mol. The molecule has 2 amide bonds. The summed E-state index contributed by atoms with van der Waals surface area (Å²) in [7, 11) is -3.84. The van der Waals surface area contributed by atoms with Crippen molar-refractivity contribution >= 4 is 21.7 Å². The van der Waals surface area contributed by atoms with Crippen LogP contribution in [-0.2, 0) is 10.0 Å². The Morgan fingerprint density at radius 3 is 2.31 bits per heavy atom. The number of hydrogen-bond donors (Lipinski definition) is 3. The third-order valence-corrected chi connectivity index (χ3v) is 5.42. The van der Waals surface area contributed by atoms with Crippen molar-refractivity contribution in [2.75, 3.05) is 11.9 Å². The highest BCUT2D eigenvalue weighted by atomic mass is 32.2. The second kappa shape index (κ2) is 8.68. The molecule has 1 aliphatic rings. The van der Waals surface area contributed by atoms with Gasteiger partial charge in [0.05, 0.1) is 0 Å². The topological polar surface area (TPSA) is 87.3 Å². The van der Waals surface area contributed by atoms with E-state index in [0.717, 1.165) is 35.9 Å². The third-order valence-electron chi connectivity index (χ3n) is 4.43. The normalized spacial score (nSPS) is 18.0. The molecular formula is C19H29N3O3S. The Morgan fingerprint density at radius 2 is 1.81 bits per heavy atom. The minimum absolute atomic E-state index is 0.0452. The Hall–Kier alpha value is -1.86. The average Bonchev–Trinajstić information content (AvgIpc) is 3.05. The molecule has 1 heterocycles. The number of carbonyl (C=O) groups excluding carboxylic acids is 1. The summed E-state index contributed by atoms with van der Waals surface area (Å²) in [5, 5.41) is 6.99. The van der Waals surface area contributed by atoms with Crippen LogP contribution in [0.5, 0.6) is 0 Å². The Bertz CT molecular complexity index is 738. The van der Waals surface area contributed by atoms with Crippen LogP contribution in [0.1, 0.15) is 63.5 Å². The second-order valence-corrected chi connectivity index (χ2v) is 8.82. The van der Waals surface area contributed by atoms with E-state index in [4.69, 9.17) is 0 Å². The molecule has 1 aliphatic heterocycles. The lowest BCUT2D eigenvalue weighted by Crippen LogP contribution is -2.34. The van der Waals surface area contributed by atoms with E-state index in [1.807, 2.05) is 45.9 Å². The molecule has 26 heavy (non-hydrogen) atoms. The lowest BCUT2D eigenvalue weighted by molar-refractivity contribution is 0.256. The van der Waals surface area contributed by atoms with Crippen LogP contribution in [0, 0.1) is 0 Å². The summed E-state index contributed by atoms with van der Waals surface area (Å²) in [4.78, 5) is 12.3. The van der Waals surface area contributed by atoms with Gasteiger partial charge in [-0.25, -0.2) is 17.9 Å². The Balaban J connectivity index is 2.14. The number of benzene rings is 1. The molecule has 0 saturated carbocycles. The van der Waals surface area contributed by atoms with Gasteiger partial charge in [-0.15, -0.1) is 0 Å². The maximum atomic E-state index is 12.3. The van der Waals surface area contributed by atoms with Crippen LogP contribution >= 0.6 is 0 Å². The zero-order valence-corrected chi connectivity index (χ0v) is 16.7. The first-order valence-corrected chi connectivity index (χ1v) is 10.6. The number of nitrogens with one attached hydrogen (secondary N) is 3. The molecule has 1 unspecified atom stereocenters. The molecular weight excluding hydrogens is 350 g/mol. The van der Waals surface area contributed by atoms with Crippen molar-refractivity contribution in [2.24, 2.45) is 0 Å². The maximum Gasteiger partial charge on any atom is 0.333 e. The van der Waals surface area contributed by atoms with Gasteiger partial charge in [0.25, 0.3) is 10.0 Å². The van der Waals surface area contributed by atoms with Crippen LogP contribution in [0.3, 0.4) is 0 Å². The number of carbonyl (C=O) groups is 1. The van der Waals surface area contributed by atoms with Gasteiger partial charge < -0.3 is 10.6 Å². The molecule has 1 aromatic carbocycles. The highest BCUT2D eigenvalue weighted by Crippen LogP contribution is 2.32. The van der Waals surface area contributed by atoms with E-state index in [9.17, 15) is 13.2 Å². The molecule has 0 spiro atoms. The minimum Gasteiger partial charge on any atom is -0.310 e. The standard InChI is InChI=1S/C19H29N3O3S/c1-13(2)16-8-5-9-17(14(3)4)18(16)21-19(23)22-26(24,25)12-10-15-7-6-11-20-15/h5,8-10,12-15,20H,6-7,11H2,1-4H3,(H2,21,22,23)/b12-10+. The zero-order valence-electron chi connectivity index (χ0n) is 15.9. The van der Waals surface area contributed by atoms with Crippen LogP contribution in [0.4, 0.5) is 10.5 Å². The van der Waals surface area contributed by atoms with Gasteiger partial charge in [-0.2, -0.15) is 0 Å². The lowest BCUT2D eigenvalue weighted by Gasteiger charge is -2.20. The van der Waals surface area contributed by atoms with Gasteiger partial charge in [-0.3, -0.25) is 0 Å². The van der Waals surface area contributed by atoms with E-state index >= 15 is 0 Å². The van der Waals surface area contributed by atoms with Gasteiger partial charge in [-0.05, 0) is 42.3 Å². The van der Waals surface area contributed by atoms with Crippen molar-refractivity contribution in [1.82, 2.24) is 10.0 Å². The first kappa shape index (κ1) is 20.5. The van der Waals surface area contributed by atoms with Gasteiger partial charge in [0.2, 0.25) is 0 Å². The predicted octanol–water partition coefficient (Wildman–Crippen LogP) is 3.65. The average molecular weight is 380 g/mol. The summed E-state index contributed by atoms with van der Waals surface area (Å²) in [5.74, 6) is 0.405. The molecule has 0 radical (unpaired) electrons. The number of hydrogen-bond acceptors (Lipinski definition) is 4. The number of para-hydroxylation sites is 1. The van der Waals surface area contributed by atoms with Crippen LogP contribution in [0.25, 0.3) is 0 Å². The molecule has 6 nitrogen and oxygen atoms in total. The second-order valence-electron chi connectivity index (χ2n) is 7.25. The fraction of sp³-hybridized carbons (Fsp3) is 0.526. The Labute approximate surface area is 156 Å². The van der Waals surface area contributed by atoms with Gasteiger partial charge in [0, 0.05) is 17.1 Å². The summed E-state index contributed by atoms with van der Waals surface area (Å²) < 4.78 is 26.3. The number of anilines is 1. The molecule has 2 rings (SSSR count). The molecule has 3 N–H and O–H groups in total. The SMILES string of the molecule is CC(C)c1cccc(C(C)C)c1NC(=O)NS(=O)(=O)/C=C/C1CCCN1. The maximum absolute atomic E-state index is 12.3. The molecule has 7 heteroatoms. The van der Waals surface area contributed by atoms with Crippen LogP contribution in [-0.4, -0.2) is 27.0 Å².